The lowest BCUT2D eigenvalue weighted by Gasteiger charge is -2.30. The van der Waals surface area contributed by atoms with E-state index in [-0.39, 0.29) is 28.6 Å². The maximum atomic E-state index is 15.2. The molecule has 2 N–H and O–H groups in total. The second-order valence-electron chi connectivity index (χ2n) is 9.97. The van der Waals surface area contributed by atoms with Crippen LogP contribution in [-0.4, -0.2) is 47.7 Å². The van der Waals surface area contributed by atoms with Crippen LogP contribution in [0.1, 0.15) is 48.7 Å². The van der Waals surface area contributed by atoms with Gasteiger partial charge in [0.05, 0.1) is 22.7 Å². The van der Waals surface area contributed by atoms with Crippen LogP contribution < -0.4 is 10.1 Å². The Morgan fingerprint density at radius 1 is 1.10 bits per heavy atom. The smallest absolute Gasteiger partial charge is 0.416 e. The number of aliphatic hydroxyl groups excluding tert-OH is 1. The number of hydrogen-bond acceptors (Lipinski definition) is 5. The van der Waals surface area contributed by atoms with Crippen LogP contribution in [0.25, 0.3) is 11.0 Å². The van der Waals surface area contributed by atoms with Gasteiger partial charge in [0.1, 0.15) is 17.4 Å². The van der Waals surface area contributed by atoms with Gasteiger partial charge in [-0.2, -0.15) is 22.0 Å². The number of nitrogens with zero attached hydrogens (tertiary/aromatic N) is 1. The molecule has 210 valence electrons. The summed E-state index contributed by atoms with van der Waals surface area (Å²) < 4.78 is 80.4. The van der Waals surface area contributed by atoms with Crippen LogP contribution in [0, 0.1) is 0 Å². The van der Waals surface area contributed by atoms with Crippen molar-refractivity contribution in [1.29, 1.82) is 0 Å². The maximum Gasteiger partial charge on any atom is 0.416 e. The van der Waals surface area contributed by atoms with Gasteiger partial charge in [-0.3, -0.25) is 4.79 Å². The van der Waals surface area contributed by atoms with E-state index in [1.54, 1.807) is 12.1 Å². The molecule has 1 saturated carbocycles. The molecule has 12 heteroatoms. The Bertz CT molecular complexity index is 1350. The Morgan fingerprint density at radius 2 is 1.82 bits per heavy atom. The summed E-state index contributed by atoms with van der Waals surface area (Å²) >= 11 is 6.32. The number of rotatable bonds is 9. The van der Waals surface area contributed by atoms with Crippen molar-refractivity contribution in [2.45, 2.75) is 56.0 Å². The van der Waals surface area contributed by atoms with Crippen LogP contribution in [0.15, 0.2) is 46.9 Å². The zero-order valence-electron chi connectivity index (χ0n) is 20.6. The Hall–Kier alpha value is -2.89. The number of aliphatic hydroxyl groups is 1. The number of fused-ring (bicyclic) bond motifs is 1. The molecule has 2 aliphatic rings. The molecule has 6 nitrogen and oxygen atoms in total. The summed E-state index contributed by atoms with van der Waals surface area (Å²) in [6, 6.07) is 6.51. The molecule has 0 bridgehead atoms. The average Bonchev–Trinajstić information content (AvgIpc) is 3.35. The highest BCUT2D eigenvalue weighted by Crippen LogP contribution is 2.38. The number of likely N-dealkylation sites (tertiary alicyclic amines) is 1. The molecule has 1 saturated heterocycles. The van der Waals surface area contributed by atoms with Crippen molar-refractivity contribution in [3.63, 3.8) is 0 Å². The predicted molar refractivity (Wildman–Crippen MR) is 133 cm³/mol. The summed E-state index contributed by atoms with van der Waals surface area (Å²) in [4.78, 5) is 14.8. The molecule has 1 unspecified atom stereocenters. The number of benzene rings is 2. The SMILES string of the molecule is O=C(NC(CN1CCCC1)[C@@H](O)c1ccc(OC2CC2)c(Cl)c1)C(F)(F)c1cc2cc(C(F)(F)F)ccc2o1. The number of nitrogens with one attached hydrogen (secondary N) is 1. The predicted octanol–water partition coefficient (Wildman–Crippen LogP) is 6.05. The first-order valence-corrected chi connectivity index (χ1v) is 13.0. The molecule has 2 fully saturated rings. The molecular weight excluding hydrogens is 547 g/mol. The first-order valence-electron chi connectivity index (χ1n) is 12.6. The lowest BCUT2D eigenvalue weighted by Crippen LogP contribution is -2.50. The summed E-state index contributed by atoms with van der Waals surface area (Å²) in [6.07, 6.45) is -2.32. The van der Waals surface area contributed by atoms with E-state index in [4.69, 9.17) is 20.8 Å². The van der Waals surface area contributed by atoms with Crippen molar-refractivity contribution in [3.8, 4) is 5.75 Å². The zero-order valence-corrected chi connectivity index (χ0v) is 21.4. The largest absolute Gasteiger partial charge is 0.489 e. The monoisotopic (exact) mass is 572 g/mol. The highest BCUT2D eigenvalue weighted by molar-refractivity contribution is 6.32. The van der Waals surface area contributed by atoms with E-state index >= 15 is 8.78 Å². The Balaban J connectivity index is 1.37. The van der Waals surface area contributed by atoms with Crippen molar-refractivity contribution >= 4 is 28.5 Å². The fourth-order valence-corrected chi connectivity index (χ4v) is 4.84. The van der Waals surface area contributed by atoms with E-state index in [9.17, 15) is 23.1 Å². The fraction of sp³-hybridized carbons (Fsp3) is 0.444. The van der Waals surface area contributed by atoms with Gasteiger partial charge in [0, 0.05) is 11.9 Å². The molecule has 0 spiro atoms. The lowest BCUT2D eigenvalue weighted by atomic mass is 10.0. The molecule has 2 atom stereocenters. The van der Waals surface area contributed by atoms with Crippen LogP contribution >= 0.6 is 11.6 Å². The summed E-state index contributed by atoms with van der Waals surface area (Å²) in [5.74, 6) is -6.63. The van der Waals surface area contributed by atoms with Gasteiger partial charge in [0.2, 0.25) is 0 Å². The van der Waals surface area contributed by atoms with Crippen molar-refractivity contribution in [3.05, 3.63) is 64.4 Å². The molecule has 5 rings (SSSR count). The standard InChI is InChI=1S/C27H26ClF5N2O4/c28-19-12-15(3-7-22(19)38-18-5-6-18)24(36)20(14-35-9-1-2-10-35)34-25(37)26(29,30)23-13-16-11-17(27(31,32)33)4-8-21(16)39-23/h3-4,7-8,11-13,18,20,24,36H,1-2,5-6,9-10,14H2,(H,34,37)/t20?,24-/m0/s1. The van der Waals surface area contributed by atoms with Crippen LogP contribution in [0.2, 0.25) is 5.02 Å². The van der Waals surface area contributed by atoms with E-state index in [0.29, 0.717) is 42.6 Å². The van der Waals surface area contributed by atoms with Gasteiger partial charge >= 0.3 is 12.1 Å². The van der Waals surface area contributed by atoms with E-state index in [0.717, 1.165) is 31.7 Å². The first kappa shape index (κ1) is 27.7. The van der Waals surface area contributed by atoms with Crippen molar-refractivity contribution < 1.29 is 41.0 Å². The normalized spacial score (nSPS) is 18.3. The molecule has 2 heterocycles. The second-order valence-corrected chi connectivity index (χ2v) is 10.4. The maximum absolute atomic E-state index is 15.2. The molecular formula is C27H26ClF5N2O4. The molecule has 39 heavy (non-hydrogen) atoms. The number of hydrogen-bond donors (Lipinski definition) is 2. The zero-order chi connectivity index (χ0) is 27.9. The Morgan fingerprint density at radius 3 is 2.46 bits per heavy atom. The van der Waals surface area contributed by atoms with Gasteiger partial charge < -0.3 is 24.5 Å². The first-order chi connectivity index (χ1) is 18.4. The van der Waals surface area contributed by atoms with Crippen LogP contribution in [0.5, 0.6) is 5.75 Å². The summed E-state index contributed by atoms with van der Waals surface area (Å²) in [5, 5.41) is 13.4. The number of alkyl halides is 5. The number of halogens is 6. The highest BCUT2D eigenvalue weighted by atomic mass is 35.5. The van der Waals surface area contributed by atoms with E-state index in [1.807, 2.05) is 4.90 Å². The quantitative estimate of drug-likeness (QED) is 0.305. The minimum absolute atomic E-state index is 0.0933. The number of carbonyl (C=O) groups excluding carboxylic acids is 1. The number of furan rings is 1. The van der Waals surface area contributed by atoms with Crippen molar-refractivity contribution in [1.82, 2.24) is 10.2 Å². The molecule has 1 aromatic heterocycles. The topological polar surface area (TPSA) is 74.9 Å². The summed E-state index contributed by atoms with van der Waals surface area (Å²) in [6.45, 7) is 1.45. The molecule has 1 aliphatic heterocycles. The van der Waals surface area contributed by atoms with Crippen LogP contribution in [0.3, 0.4) is 0 Å². The highest BCUT2D eigenvalue weighted by Gasteiger charge is 2.46. The molecule has 1 aliphatic carbocycles. The fourth-order valence-electron chi connectivity index (χ4n) is 4.61. The third-order valence-electron chi connectivity index (χ3n) is 6.90. The minimum atomic E-state index is -4.67. The van der Waals surface area contributed by atoms with Gasteiger partial charge in [-0.1, -0.05) is 17.7 Å². The second kappa shape index (κ2) is 10.6. The van der Waals surface area contributed by atoms with Crippen LogP contribution in [-0.2, 0) is 16.9 Å². The minimum Gasteiger partial charge on any atom is -0.489 e. The Labute approximate surface area is 225 Å². The van der Waals surface area contributed by atoms with Crippen molar-refractivity contribution in [2.75, 3.05) is 19.6 Å². The number of carbonyl (C=O) groups is 1. The van der Waals surface area contributed by atoms with Gasteiger partial charge in [-0.25, -0.2) is 0 Å². The number of ether oxygens (including phenoxy) is 1. The lowest BCUT2D eigenvalue weighted by molar-refractivity contribution is -0.151. The Kier molecular flexibility index (Phi) is 7.51. The van der Waals surface area contributed by atoms with Gasteiger partial charge in [0.15, 0.2) is 5.76 Å². The molecule has 1 amide bonds. The average molecular weight is 573 g/mol. The molecule has 2 aromatic carbocycles. The van der Waals surface area contributed by atoms with Gasteiger partial charge in [-0.15, -0.1) is 0 Å². The van der Waals surface area contributed by atoms with Crippen LogP contribution in [0.4, 0.5) is 22.0 Å². The van der Waals surface area contributed by atoms with E-state index in [2.05, 4.69) is 5.32 Å². The summed E-state index contributed by atoms with van der Waals surface area (Å²) in [5.41, 5.74) is -0.947. The summed E-state index contributed by atoms with van der Waals surface area (Å²) in [7, 11) is 0. The van der Waals surface area contributed by atoms with E-state index in [1.165, 1.54) is 6.07 Å². The third-order valence-corrected chi connectivity index (χ3v) is 7.20. The van der Waals surface area contributed by atoms with Gasteiger partial charge in [-0.05, 0) is 80.7 Å². The van der Waals surface area contributed by atoms with E-state index < -0.39 is 41.5 Å². The van der Waals surface area contributed by atoms with Gasteiger partial charge in [0.25, 0.3) is 5.91 Å². The molecule has 0 radical (unpaired) electrons. The van der Waals surface area contributed by atoms with Crippen molar-refractivity contribution in [2.24, 2.45) is 0 Å². The molecule has 3 aromatic rings. The third kappa shape index (κ3) is 6.15. The number of amides is 1.